The predicted octanol–water partition coefficient (Wildman–Crippen LogP) is 9.84. The average molecular weight is 529 g/mol. The molecule has 0 spiro atoms. The first kappa shape index (κ1) is 28.0. The second kappa shape index (κ2) is 12.7. The van der Waals surface area contributed by atoms with E-state index in [4.69, 9.17) is 9.47 Å². The maximum Gasteiger partial charge on any atom is 0.432 e. The number of benzene rings is 3. The Bertz CT molecular complexity index is 1170. The molecule has 2 nitrogen and oxygen atoms in total. The first-order chi connectivity index (χ1) is 18.3. The minimum atomic E-state index is -3.54. The van der Waals surface area contributed by atoms with Crippen LogP contribution in [0.25, 0.3) is 11.1 Å². The number of rotatable bonds is 11. The first-order valence-electron chi connectivity index (χ1n) is 13.6. The fourth-order valence-electron chi connectivity index (χ4n) is 5.24. The molecule has 1 saturated carbocycles. The second-order valence-corrected chi connectivity index (χ2v) is 10.4. The molecule has 204 valence electrons. The third kappa shape index (κ3) is 7.30. The fraction of sp³-hybridized carbons (Fsp3) is 0.438. The van der Waals surface area contributed by atoms with Crippen LogP contribution in [-0.4, -0.2) is 12.7 Å². The minimum absolute atomic E-state index is 0.0859. The standard InChI is InChI=1S/C32H36F4O2/c1-3-4-5-6-23-8-10-24(11-9-23)25-12-18-28(19-13-25)38-32(35,36)21-37-27-16-14-26(15-17-27)29-20-7-22(2)30(33)31(29)34/h7,12-20,23-24H,3-6,8-11,21H2,1-2H3. The summed E-state index contributed by atoms with van der Waals surface area (Å²) in [5, 5.41) is 0. The molecule has 0 atom stereocenters. The molecule has 0 heterocycles. The van der Waals surface area contributed by atoms with Crippen molar-refractivity contribution in [3.05, 3.63) is 83.4 Å². The largest absolute Gasteiger partial charge is 0.483 e. The molecular weight excluding hydrogens is 492 g/mol. The first-order valence-corrected chi connectivity index (χ1v) is 13.6. The van der Waals surface area contributed by atoms with Crippen molar-refractivity contribution in [1.29, 1.82) is 0 Å². The van der Waals surface area contributed by atoms with Gasteiger partial charge in [0.2, 0.25) is 0 Å². The summed E-state index contributed by atoms with van der Waals surface area (Å²) in [6, 6.07) is 15.8. The summed E-state index contributed by atoms with van der Waals surface area (Å²) in [4.78, 5) is 0. The smallest absolute Gasteiger partial charge is 0.432 e. The topological polar surface area (TPSA) is 18.5 Å². The molecule has 1 fully saturated rings. The number of aryl methyl sites for hydroxylation is 1. The van der Waals surface area contributed by atoms with Crippen LogP contribution >= 0.6 is 0 Å². The van der Waals surface area contributed by atoms with Gasteiger partial charge in [-0.25, -0.2) is 8.78 Å². The Morgan fingerprint density at radius 3 is 2.11 bits per heavy atom. The van der Waals surface area contributed by atoms with Gasteiger partial charge in [-0.05, 0) is 85.4 Å². The van der Waals surface area contributed by atoms with Crippen LogP contribution in [0.4, 0.5) is 17.6 Å². The van der Waals surface area contributed by atoms with E-state index < -0.39 is 24.3 Å². The molecular formula is C32H36F4O2. The van der Waals surface area contributed by atoms with E-state index in [0.717, 1.165) is 18.8 Å². The number of ether oxygens (including phenoxy) is 2. The fourth-order valence-corrected chi connectivity index (χ4v) is 5.24. The summed E-state index contributed by atoms with van der Waals surface area (Å²) in [7, 11) is 0. The highest BCUT2D eigenvalue weighted by molar-refractivity contribution is 5.65. The predicted molar refractivity (Wildman–Crippen MR) is 143 cm³/mol. The van der Waals surface area contributed by atoms with Crippen LogP contribution in [0.1, 0.15) is 75.3 Å². The van der Waals surface area contributed by atoms with E-state index >= 15 is 0 Å². The normalized spacial score (nSPS) is 17.8. The zero-order chi connectivity index (χ0) is 27.1. The van der Waals surface area contributed by atoms with Crippen LogP contribution in [0, 0.1) is 24.5 Å². The van der Waals surface area contributed by atoms with Gasteiger partial charge < -0.3 is 9.47 Å². The Labute approximate surface area is 223 Å². The van der Waals surface area contributed by atoms with Gasteiger partial charge in [-0.15, -0.1) is 0 Å². The van der Waals surface area contributed by atoms with E-state index in [2.05, 4.69) is 6.92 Å². The van der Waals surface area contributed by atoms with Crippen molar-refractivity contribution in [3.63, 3.8) is 0 Å². The average Bonchev–Trinajstić information content (AvgIpc) is 2.92. The molecule has 0 aliphatic heterocycles. The molecule has 0 saturated heterocycles. The van der Waals surface area contributed by atoms with E-state index in [1.165, 1.54) is 87.4 Å². The number of hydrogen-bond donors (Lipinski definition) is 0. The Morgan fingerprint density at radius 1 is 0.789 bits per heavy atom. The van der Waals surface area contributed by atoms with Gasteiger partial charge in [0.1, 0.15) is 11.5 Å². The molecule has 0 aromatic heterocycles. The Morgan fingerprint density at radius 2 is 1.45 bits per heavy atom. The third-order valence-electron chi connectivity index (χ3n) is 7.53. The van der Waals surface area contributed by atoms with Gasteiger partial charge in [-0.2, -0.15) is 8.78 Å². The molecule has 0 amide bonds. The van der Waals surface area contributed by atoms with E-state index in [-0.39, 0.29) is 22.6 Å². The van der Waals surface area contributed by atoms with Crippen LogP contribution < -0.4 is 9.47 Å². The molecule has 6 heteroatoms. The SMILES string of the molecule is CCCCCC1CCC(c2ccc(OC(F)(F)COc3ccc(-c4ccc(C)c(F)c4F)cc3)cc2)CC1. The highest BCUT2D eigenvalue weighted by Crippen LogP contribution is 2.38. The Balaban J connectivity index is 1.27. The molecule has 1 aliphatic rings. The molecule has 1 aliphatic carbocycles. The second-order valence-electron chi connectivity index (χ2n) is 10.4. The van der Waals surface area contributed by atoms with E-state index in [1.54, 1.807) is 12.1 Å². The van der Waals surface area contributed by atoms with Crippen LogP contribution in [0.5, 0.6) is 11.5 Å². The van der Waals surface area contributed by atoms with Gasteiger partial charge in [0.25, 0.3) is 0 Å². The minimum Gasteiger partial charge on any atom is -0.483 e. The van der Waals surface area contributed by atoms with Crippen LogP contribution in [0.15, 0.2) is 60.7 Å². The van der Waals surface area contributed by atoms with Crippen molar-refractivity contribution >= 4 is 0 Å². The quantitative estimate of drug-likeness (QED) is 0.182. The van der Waals surface area contributed by atoms with Gasteiger partial charge in [0, 0.05) is 5.56 Å². The number of unbranched alkanes of at least 4 members (excludes halogenated alkanes) is 2. The van der Waals surface area contributed by atoms with E-state index in [0.29, 0.717) is 11.5 Å². The van der Waals surface area contributed by atoms with Crippen LogP contribution in [0.2, 0.25) is 0 Å². The van der Waals surface area contributed by atoms with Gasteiger partial charge >= 0.3 is 6.11 Å². The van der Waals surface area contributed by atoms with Crippen molar-refractivity contribution in [1.82, 2.24) is 0 Å². The highest BCUT2D eigenvalue weighted by atomic mass is 19.3. The number of hydrogen-bond acceptors (Lipinski definition) is 2. The van der Waals surface area contributed by atoms with Crippen molar-refractivity contribution in [3.8, 4) is 22.6 Å². The summed E-state index contributed by atoms with van der Waals surface area (Å²) < 4.78 is 67.2. The van der Waals surface area contributed by atoms with Crippen molar-refractivity contribution in [2.75, 3.05) is 6.61 Å². The van der Waals surface area contributed by atoms with Gasteiger partial charge in [-0.3, -0.25) is 0 Å². The number of alkyl halides is 2. The van der Waals surface area contributed by atoms with Crippen molar-refractivity contribution in [2.24, 2.45) is 5.92 Å². The summed E-state index contributed by atoms with van der Waals surface area (Å²) in [6.45, 7) is 2.73. The molecule has 0 radical (unpaired) electrons. The lowest BCUT2D eigenvalue weighted by molar-refractivity contribution is -0.195. The van der Waals surface area contributed by atoms with Gasteiger partial charge in [0.15, 0.2) is 18.2 Å². The monoisotopic (exact) mass is 528 g/mol. The Kier molecular flexibility index (Phi) is 9.35. The third-order valence-corrected chi connectivity index (χ3v) is 7.53. The zero-order valence-electron chi connectivity index (χ0n) is 22.1. The molecule has 0 bridgehead atoms. The molecule has 3 aromatic carbocycles. The highest BCUT2D eigenvalue weighted by Gasteiger charge is 2.33. The lowest BCUT2D eigenvalue weighted by atomic mass is 9.77. The molecule has 3 aromatic rings. The van der Waals surface area contributed by atoms with Gasteiger partial charge in [0.05, 0.1) is 0 Å². The van der Waals surface area contributed by atoms with Crippen molar-refractivity contribution < 1.29 is 27.0 Å². The van der Waals surface area contributed by atoms with E-state index in [9.17, 15) is 17.6 Å². The van der Waals surface area contributed by atoms with Gasteiger partial charge in [-0.1, -0.05) is 69.0 Å². The van der Waals surface area contributed by atoms with Crippen molar-refractivity contribution in [2.45, 2.75) is 77.2 Å². The molecule has 0 unspecified atom stereocenters. The molecule has 38 heavy (non-hydrogen) atoms. The maximum absolute atomic E-state index is 14.5. The van der Waals surface area contributed by atoms with Crippen LogP contribution in [0.3, 0.4) is 0 Å². The van der Waals surface area contributed by atoms with Crippen LogP contribution in [-0.2, 0) is 0 Å². The summed E-state index contributed by atoms with van der Waals surface area (Å²) in [5.41, 5.74) is 1.90. The van der Waals surface area contributed by atoms with E-state index in [1.807, 2.05) is 12.1 Å². The molecule has 0 N–H and O–H groups in total. The lowest BCUT2D eigenvalue weighted by Crippen LogP contribution is -2.32. The lowest BCUT2D eigenvalue weighted by Gasteiger charge is -2.29. The summed E-state index contributed by atoms with van der Waals surface area (Å²) in [6.07, 6.45) is 6.41. The molecule has 4 rings (SSSR count). The zero-order valence-corrected chi connectivity index (χ0v) is 22.1. The Hall–Kier alpha value is -3.02. The number of halogens is 4. The maximum atomic E-state index is 14.5. The summed E-state index contributed by atoms with van der Waals surface area (Å²) >= 11 is 0. The summed E-state index contributed by atoms with van der Waals surface area (Å²) in [5.74, 6) is -0.295.